The van der Waals surface area contributed by atoms with Gasteiger partial charge in [0.1, 0.15) is 6.10 Å². The number of pyridine rings is 1. The zero-order valence-corrected chi connectivity index (χ0v) is 13.5. The van der Waals surface area contributed by atoms with Crippen LogP contribution in [0.2, 0.25) is 0 Å². The van der Waals surface area contributed by atoms with Gasteiger partial charge in [-0.15, -0.1) is 0 Å². The molecule has 2 fully saturated rings. The monoisotopic (exact) mass is 302 g/mol. The lowest BCUT2D eigenvalue weighted by Gasteiger charge is -2.18. The van der Waals surface area contributed by atoms with E-state index in [4.69, 9.17) is 4.74 Å². The lowest BCUT2D eigenvalue weighted by Crippen LogP contribution is -2.31. The topological polar surface area (TPSA) is 42.4 Å². The fourth-order valence-corrected chi connectivity index (χ4v) is 3.59. The maximum absolute atomic E-state index is 12.3. The summed E-state index contributed by atoms with van der Waals surface area (Å²) >= 11 is 0. The van der Waals surface area contributed by atoms with Crippen molar-refractivity contribution in [1.82, 2.24) is 9.88 Å². The van der Waals surface area contributed by atoms with Gasteiger partial charge in [0.2, 0.25) is 11.8 Å². The van der Waals surface area contributed by atoms with E-state index in [-0.39, 0.29) is 6.10 Å². The van der Waals surface area contributed by atoms with Crippen molar-refractivity contribution in [3.63, 3.8) is 0 Å². The van der Waals surface area contributed by atoms with Crippen LogP contribution in [0.3, 0.4) is 0 Å². The molecule has 1 amide bonds. The number of hydrogen-bond donors (Lipinski definition) is 0. The predicted molar refractivity (Wildman–Crippen MR) is 85.8 cm³/mol. The molecule has 3 rings (SSSR count). The van der Waals surface area contributed by atoms with E-state index in [0.717, 1.165) is 31.0 Å². The fraction of sp³-hybridized carbons (Fsp3) is 0.667. The first kappa shape index (κ1) is 15.3. The van der Waals surface area contributed by atoms with E-state index in [1.165, 1.54) is 25.7 Å². The van der Waals surface area contributed by atoms with Crippen LogP contribution in [0.4, 0.5) is 0 Å². The van der Waals surface area contributed by atoms with Gasteiger partial charge in [0, 0.05) is 31.1 Å². The standard InChI is InChI=1S/C18H26N2O2/c1-14-5-4-8-17(19-14)22-16-11-12-20(13-16)18(21)10-9-15-6-2-3-7-15/h4-5,8,15-16H,2-3,6-7,9-13H2,1H3. The van der Waals surface area contributed by atoms with Gasteiger partial charge in [-0.3, -0.25) is 4.79 Å². The molecule has 1 aliphatic carbocycles. The van der Waals surface area contributed by atoms with Crippen LogP contribution in [0.25, 0.3) is 0 Å². The Labute approximate surface area is 132 Å². The molecule has 120 valence electrons. The summed E-state index contributed by atoms with van der Waals surface area (Å²) in [5.74, 6) is 1.76. The first-order valence-electron chi connectivity index (χ1n) is 8.59. The van der Waals surface area contributed by atoms with Crippen LogP contribution in [-0.4, -0.2) is 35.0 Å². The van der Waals surface area contributed by atoms with E-state index in [0.29, 0.717) is 24.8 Å². The number of amides is 1. The molecule has 0 N–H and O–H groups in total. The van der Waals surface area contributed by atoms with Crippen molar-refractivity contribution in [3.05, 3.63) is 23.9 Å². The molecule has 0 radical (unpaired) electrons. The van der Waals surface area contributed by atoms with Gasteiger partial charge in [0.25, 0.3) is 0 Å². The van der Waals surface area contributed by atoms with E-state index >= 15 is 0 Å². The van der Waals surface area contributed by atoms with Crippen LogP contribution >= 0.6 is 0 Å². The van der Waals surface area contributed by atoms with E-state index in [1.807, 2.05) is 30.0 Å². The summed E-state index contributed by atoms with van der Waals surface area (Å²) in [6.45, 7) is 3.49. The molecule has 4 nitrogen and oxygen atoms in total. The number of likely N-dealkylation sites (tertiary alicyclic amines) is 1. The van der Waals surface area contributed by atoms with Crippen LogP contribution in [0.15, 0.2) is 18.2 Å². The van der Waals surface area contributed by atoms with Crippen LogP contribution in [-0.2, 0) is 4.79 Å². The van der Waals surface area contributed by atoms with E-state index in [2.05, 4.69) is 4.98 Å². The van der Waals surface area contributed by atoms with Gasteiger partial charge in [-0.25, -0.2) is 4.98 Å². The molecule has 0 aromatic carbocycles. The van der Waals surface area contributed by atoms with Gasteiger partial charge in [0.05, 0.1) is 6.54 Å². The molecule has 1 atom stereocenters. The van der Waals surface area contributed by atoms with Crippen molar-refractivity contribution < 1.29 is 9.53 Å². The zero-order chi connectivity index (χ0) is 15.4. The molecular weight excluding hydrogens is 276 g/mol. The van der Waals surface area contributed by atoms with E-state index < -0.39 is 0 Å². The van der Waals surface area contributed by atoms with Gasteiger partial charge in [-0.2, -0.15) is 0 Å². The molecule has 0 spiro atoms. The number of aromatic nitrogens is 1. The first-order chi connectivity index (χ1) is 10.7. The third-order valence-corrected chi connectivity index (χ3v) is 4.89. The Morgan fingerprint density at radius 2 is 2.14 bits per heavy atom. The summed E-state index contributed by atoms with van der Waals surface area (Å²) in [6.07, 6.45) is 8.11. The van der Waals surface area contributed by atoms with E-state index in [1.54, 1.807) is 0 Å². The molecule has 4 heteroatoms. The number of ether oxygens (including phenoxy) is 1. The smallest absolute Gasteiger partial charge is 0.222 e. The second-order valence-corrected chi connectivity index (χ2v) is 6.67. The third-order valence-electron chi connectivity index (χ3n) is 4.89. The van der Waals surface area contributed by atoms with Crippen LogP contribution in [0.1, 0.15) is 50.6 Å². The quantitative estimate of drug-likeness (QED) is 0.838. The third kappa shape index (κ3) is 3.99. The molecule has 1 aromatic rings. The Kier molecular flexibility index (Phi) is 4.96. The molecule has 1 aliphatic heterocycles. The van der Waals surface area contributed by atoms with Crippen molar-refractivity contribution >= 4 is 5.91 Å². The maximum atomic E-state index is 12.3. The lowest BCUT2D eigenvalue weighted by molar-refractivity contribution is -0.130. The summed E-state index contributed by atoms with van der Waals surface area (Å²) < 4.78 is 5.91. The Morgan fingerprint density at radius 3 is 2.91 bits per heavy atom. The molecule has 1 saturated carbocycles. The summed E-state index contributed by atoms with van der Waals surface area (Å²) in [7, 11) is 0. The summed E-state index contributed by atoms with van der Waals surface area (Å²) in [4.78, 5) is 18.6. The highest BCUT2D eigenvalue weighted by Gasteiger charge is 2.28. The van der Waals surface area contributed by atoms with Crippen LogP contribution < -0.4 is 4.74 Å². The van der Waals surface area contributed by atoms with Gasteiger partial charge in [-0.1, -0.05) is 31.7 Å². The predicted octanol–water partition coefficient (Wildman–Crippen LogP) is 3.34. The summed E-state index contributed by atoms with van der Waals surface area (Å²) in [5.41, 5.74) is 0.958. The normalized spacial score (nSPS) is 22.2. The Bertz CT molecular complexity index is 512. The molecule has 1 unspecified atom stereocenters. The number of hydrogen-bond acceptors (Lipinski definition) is 3. The second-order valence-electron chi connectivity index (χ2n) is 6.67. The van der Waals surface area contributed by atoms with Crippen LogP contribution in [0.5, 0.6) is 5.88 Å². The first-order valence-corrected chi connectivity index (χ1v) is 8.59. The van der Waals surface area contributed by atoms with Crippen molar-refractivity contribution in [2.75, 3.05) is 13.1 Å². The molecule has 22 heavy (non-hydrogen) atoms. The number of carbonyl (C=O) groups is 1. The van der Waals surface area contributed by atoms with Gasteiger partial charge in [-0.05, 0) is 25.3 Å². The fourth-order valence-electron chi connectivity index (χ4n) is 3.59. The lowest BCUT2D eigenvalue weighted by atomic mass is 10.0. The maximum Gasteiger partial charge on any atom is 0.222 e. The molecular formula is C18H26N2O2. The molecule has 1 saturated heterocycles. The molecule has 1 aromatic heterocycles. The van der Waals surface area contributed by atoms with Crippen LogP contribution in [0, 0.1) is 12.8 Å². The number of aryl methyl sites for hydroxylation is 1. The number of nitrogens with zero attached hydrogens (tertiary/aromatic N) is 2. The highest BCUT2D eigenvalue weighted by molar-refractivity contribution is 5.76. The Balaban J connectivity index is 1.44. The second kappa shape index (κ2) is 7.12. The van der Waals surface area contributed by atoms with Crippen molar-refractivity contribution in [1.29, 1.82) is 0 Å². The highest BCUT2D eigenvalue weighted by atomic mass is 16.5. The molecule has 2 heterocycles. The zero-order valence-electron chi connectivity index (χ0n) is 13.5. The summed E-state index contributed by atoms with van der Waals surface area (Å²) in [6, 6.07) is 5.80. The van der Waals surface area contributed by atoms with Gasteiger partial charge in [0.15, 0.2) is 0 Å². The van der Waals surface area contributed by atoms with E-state index in [9.17, 15) is 4.79 Å². The van der Waals surface area contributed by atoms with Crippen molar-refractivity contribution in [2.45, 2.75) is 58.0 Å². The largest absolute Gasteiger partial charge is 0.472 e. The average molecular weight is 302 g/mol. The average Bonchev–Trinajstić information content (AvgIpc) is 3.16. The highest BCUT2D eigenvalue weighted by Crippen LogP contribution is 2.29. The minimum absolute atomic E-state index is 0.0877. The SMILES string of the molecule is Cc1cccc(OC2CCN(C(=O)CCC3CCCC3)C2)n1. The van der Waals surface area contributed by atoms with Gasteiger partial charge < -0.3 is 9.64 Å². The Hall–Kier alpha value is -1.58. The molecule has 0 bridgehead atoms. The summed E-state index contributed by atoms with van der Waals surface area (Å²) in [5, 5.41) is 0. The Morgan fingerprint density at radius 1 is 1.32 bits per heavy atom. The minimum Gasteiger partial charge on any atom is -0.472 e. The van der Waals surface area contributed by atoms with Crippen molar-refractivity contribution in [3.8, 4) is 5.88 Å². The minimum atomic E-state index is 0.0877. The van der Waals surface area contributed by atoms with Crippen molar-refractivity contribution in [2.24, 2.45) is 5.92 Å². The van der Waals surface area contributed by atoms with Gasteiger partial charge >= 0.3 is 0 Å². The number of rotatable bonds is 5. The number of carbonyl (C=O) groups excluding carboxylic acids is 1. The molecule has 2 aliphatic rings.